The molecular weight excluding hydrogens is 294 g/mol. The zero-order valence-corrected chi connectivity index (χ0v) is 11.9. The van der Waals surface area contributed by atoms with Crippen LogP contribution in [0.5, 0.6) is 0 Å². The monoisotopic (exact) mass is 341 g/mol. The van der Waals surface area contributed by atoms with E-state index in [1.54, 1.807) is 0 Å². The number of hydroxylamine groups is 2. The third-order valence-electron chi connectivity index (χ3n) is 2.67. The van der Waals surface area contributed by atoms with Crippen LogP contribution in [0.25, 0.3) is 0 Å². The Kier molecular flexibility index (Phi) is 1.43. The van der Waals surface area contributed by atoms with Crippen LogP contribution in [0.2, 0.25) is 0 Å². The fourth-order valence-electron chi connectivity index (χ4n) is 1.64. The van der Waals surface area contributed by atoms with E-state index in [1.807, 2.05) is 0 Å². The quantitative estimate of drug-likeness (QED) is 0.568. The van der Waals surface area contributed by atoms with E-state index in [-0.39, 0.29) is 16.9 Å². The van der Waals surface area contributed by atoms with Crippen LogP contribution >= 0.6 is 10.8 Å². The normalized spacial score (nSPS) is 42.2. The van der Waals surface area contributed by atoms with Crippen molar-refractivity contribution in [1.29, 1.82) is 0 Å². The van der Waals surface area contributed by atoms with E-state index in [0.717, 1.165) is 0 Å². The molecule has 1 heterocycles. The minimum absolute atomic E-state index is 0.100. The lowest BCUT2D eigenvalue weighted by atomic mass is 9.87. The molecule has 4 nitrogen and oxygen atoms in total. The average molecular weight is 342 g/mol. The zero-order valence-electron chi connectivity index (χ0n) is 30.3. The molecule has 0 aromatic rings. The molecule has 0 aromatic heterocycles. The number of hydrogen-bond donors (Lipinski definition) is 1. The van der Waals surface area contributed by atoms with Gasteiger partial charge in [0, 0.05) is 39.4 Å². The van der Waals surface area contributed by atoms with Gasteiger partial charge in [-0.05, 0) is 41.9 Å². The summed E-state index contributed by atoms with van der Waals surface area (Å²) in [5.74, 6) is -1.38. The number of rotatable bonds is 7. The molecule has 6 heteroatoms. The fourth-order valence-corrected chi connectivity index (χ4v) is 3.30. The van der Waals surface area contributed by atoms with Crippen LogP contribution in [-0.2, 0) is 8.87 Å². The molecular formula is C14H27NO3S2. The molecule has 0 radical (unpaired) electrons. The summed E-state index contributed by atoms with van der Waals surface area (Å²) in [7, 11) is -4.50. The van der Waals surface area contributed by atoms with Gasteiger partial charge in [-0.1, -0.05) is 33.5 Å². The summed E-state index contributed by atoms with van der Waals surface area (Å²) in [4.78, 5) is 0. The van der Waals surface area contributed by atoms with Gasteiger partial charge >= 0.3 is 0 Å². The smallest absolute Gasteiger partial charge is 0.199 e. The van der Waals surface area contributed by atoms with Gasteiger partial charge in [0.2, 0.25) is 0 Å². The largest absolute Gasteiger partial charge is 0.312 e. The van der Waals surface area contributed by atoms with Gasteiger partial charge < -0.3 is 5.21 Å². The average Bonchev–Trinajstić information content (AvgIpc) is 2.94. The van der Waals surface area contributed by atoms with Gasteiger partial charge in [-0.25, -0.2) is 8.42 Å². The highest BCUT2D eigenvalue weighted by Gasteiger charge is 2.51. The summed E-state index contributed by atoms with van der Waals surface area (Å²) < 4.78 is 184. The van der Waals surface area contributed by atoms with Crippen LogP contribution in [0.15, 0.2) is 11.6 Å². The predicted molar refractivity (Wildman–Crippen MR) is 85.6 cm³/mol. The highest BCUT2D eigenvalue weighted by molar-refractivity contribution is 8.71. The first-order chi connectivity index (χ1) is 17.0. The van der Waals surface area contributed by atoms with Crippen molar-refractivity contribution >= 4 is 19.7 Å². The Labute approximate surface area is 155 Å². The molecule has 1 N–H and O–H groups in total. The van der Waals surface area contributed by atoms with Crippen LogP contribution in [0.1, 0.15) is 80.3 Å². The summed E-state index contributed by atoms with van der Waals surface area (Å²) in [6.45, 7) is -16.6. The van der Waals surface area contributed by atoms with E-state index in [9.17, 15) is 13.6 Å². The summed E-state index contributed by atoms with van der Waals surface area (Å²) in [6.07, 6.45) is -17.1. The second kappa shape index (κ2) is 6.38. The molecule has 0 saturated heterocycles. The van der Waals surface area contributed by atoms with E-state index in [1.165, 1.54) is 0 Å². The van der Waals surface area contributed by atoms with Gasteiger partial charge in [0.25, 0.3) is 0 Å². The van der Waals surface area contributed by atoms with Crippen LogP contribution in [0.3, 0.4) is 0 Å². The van der Waals surface area contributed by atoms with E-state index in [4.69, 9.17) is 27.4 Å². The van der Waals surface area contributed by atoms with Crippen molar-refractivity contribution in [2.45, 2.75) is 64.0 Å². The van der Waals surface area contributed by atoms with Gasteiger partial charge in [-0.3, -0.25) is 0 Å². The maximum Gasteiger partial charge on any atom is 0.199 e. The molecule has 0 aliphatic carbocycles. The van der Waals surface area contributed by atoms with E-state index < -0.39 is 89.2 Å². The Morgan fingerprint density at radius 1 is 1.30 bits per heavy atom. The standard InChI is InChI=1S/C14H27NO3S2/c1-6-13(7-2)10-12(11-19-20(5,17)18)14(8-3,9-4)15(13)16/h10,16H,6-9,11H2,1-5H3/i1D3,2D3,3D3,4D3,6D2,7D2,8D2,9D2. The Morgan fingerprint density at radius 3 is 2.30 bits per heavy atom. The first-order valence-electron chi connectivity index (χ1n) is 15.0. The summed E-state index contributed by atoms with van der Waals surface area (Å²) in [5, 5.41) is 10.5. The molecule has 0 aromatic carbocycles. The van der Waals surface area contributed by atoms with Crippen LogP contribution in [0, 0.1) is 0 Å². The molecule has 1 aliphatic rings. The first kappa shape index (κ1) is 4.49. The lowest BCUT2D eigenvalue weighted by Gasteiger charge is -2.43. The molecule has 1 aliphatic heterocycles. The Hall–Kier alpha value is -0.0400. The first-order valence-corrected chi connectivity index (χ1v) is 8.42. The summed E-state index contributed by atoms with van der Waals surface area (Å²) in [6, 6.07) is 0. The van der Waals surface area contributed by atoms with Crippen molar-refractivity contribution in [1.82, 2.24) is 5.06 Å². The molecule has 0 atom stereocenters. The number of hydrogen-bond acceptors (Lipinski definition) is 5. The summed E-state index contributed by atoms with van der Waals surface area (Å²) >= 11 is 0. The lowest BCUT2D eigenvalue weighted by Crippen LogP contribution is -2.53. The fraction of sp³-hybridized carbons (Fsp3) is 0.857. The van der Waals surface area contributed by atoms with Gasteiger partial charge in [0.1, 0.15) is 0 Å². The van der Waals surface area contributed by atoms with Crippen molar-refractivity contribution in [3.63, 3.8) is 0 Å². The van der Waals surface area contributed by atoms with Crippen LogP contribution in [0.4, 0.5) is 0 Å². The van der Waals surface area contributed by atoms with Gasteiger partial charge in [-0.2, -0.15) is 5.06 Å². The van der Waals surface area contributed by atoms with Crippen molar-refractivity contribution in [2.24, 2.45) is 0 Å². The minimum atomic E-state index is -4.42. The maximum absolute atomic E-state index is 12.0. The predicted octanol–water partition coefficient (Wildman–Crippen LogP) is 3.43. The Balaban J connectivity index is 4.79. The molecule has 0 fully saturated rings. The molecule has 0 bridgehead atoms. The Bertz CT molecular complexity index is 1060. The SMILES string of the molecule is [2H]C([2H])([2H])C([2H])([2H])C1(C([2H])([2H])C([2H])([2H])[2H])C=C(CSS(C)(=O)=O)C(C([2H])([2H])C([2H])([2H])[2H])(C([2H])([2H])C([2H])([2H])[2H])N1O. The van der Waals surface area contributed by atoms with E-state index >= 15 is 0 Å². The second-order valence-electron chi connectivity index (χ2n) is 3.92. The number of nitrogens with zero attached hydrogens (tertiary/aromatic N) is 1. The highest BCUT2D eigenvalue weighted by atomic mass is 33.1. The van der Waals surface area contributed by atoms with Gasteiger partial charge in [0.15, 0.2) is 8.87 Å². The topological polar surface area (TPSA) is 57.6 Å². The lowest BCUT2D eigenvalue weighted by molar-refractivity contribution is -0.208. The van der Waals surface area contributed by atoms with Crippen molar-refractivity contribution in [2.75, 3.05) is 12.0 Å². The third-order valence-corrected chi connectivity index (χ3v) is 5.17. The Morgan fingerprint density at radius 2 is 1.85 bits per heavy atom. The van der Waals surface area contributed by atoms with Gasteiger partial charge in [0.05, 0.1) is 11.1 Å². The summed E-state index contributed by atoms with van der Waals surface area (Å²) in [5.41, 5.74) is -10.1. The molecule has 118 valence electrons. The van der Waals surface area contributed by atoms with E-state index in [0.29, 0.717) is 6.26 Å². The molecule has 0 amide bonds. The minimum Gasteiger partial charge on any atom is -0.312 e. The molecule has 0 unspecified atom stereocenters. The maximum atomic E-state index is 12.0. The second-order valence-corrected chi connectivity index (χ2v) is 8.38. The van der Waals surface area contributed by atoms with Crippen LogP contribution < -0.4 is 0 Å². The van der Waals surface area contributed by atoms with Crippen molar-refractivity contribution in [3.8, 4) is 0 Å². The zero-order chi connectivity index (χ0) is 32.8. The molecule has 20 heavy (non-hydrogen) atoms. The van der Waals surface area contributed by atoms with Crippen LogP contribution in [-0.4, -0.2) is 41.8 Å². The van der Waals surface area contributed by atoms with Crippen molar-refractivity contribution in [3.05, 3.63) is 11.6 Å². The molecule has 1 rings (SSSR count). The van der Waals surface area contributed by atoms with Crippen molar-refractivity contribution < 1.29 is 41.0 Å². The molecule has 0 spiro atoms. The highest BCUT2D eigenvalue weighted by Crippen LogP contribution is 2.47. The van der Waals surface area contributed by atoms with Gasteiger partial charge in [-0.15, -0.1) is 0 Å². The molecule has 0 saturated carbocycles. The third kappa shape index (κ3) is 3.08. The van der Waals surface area contributed by atoms with E-state index in [2.05, 4.69) is 0 Å².